The van der Waals surface area contributed by atoms with E-state index >= 15 is 0 Å². The van der Waals surface area contributed by atoms with Crippen LogP contribution in [0.15, 0.2) is 60.7 Å². The predicted molar refractivity (Wildman–Crippen MR) is 148 cm³/mol. The van der Waals surface area contributed by atoms with Crippen LogP contribution in [0, 0.1) is 12.8 Å². The van der Waals surface area contributed by atoms with Crippen molar-refractivity contribution in [3.63, 3.8) is 0 Å². The number of carbonyl (C=O) groups excluding carboxylic acids is 1. The minimum absolute atomic E-state index is 0.0863. The topological polar surface area (TPSA) is 125 Å². The molecule has 3 rings (SSSR count). The normalized spacial score (nSPS) is 11.6. The minimum atomic E-state index is -5.08. The van der Waals surface area contributed by atoms with Crippen LogP contribution in [0.4, 0.5) is 30.6 Å². The smallest absolute Gasteiger partial charge is 0.490 e. The van der Waals surface area contributed by atoms with Gasteiger partial charge < -0.3 is 25.8 Å². The second kappa shape index (κ2) is 15.3. The fourth-order valence-electron chi connectivity index (χ4n) is 3.57. The molecule has 0 saturated heterocycles. The standard InChI is InChI=1S/C26H33N5O2.C2HF3O2/c1-18(2)16-22(25(32)29-21-11-6-5-7-12-21)30-24-17-19(3)28-26(31-24)27-15-14-20-10-8-9-13-23(20)33-4;3-2(4,5)1(6)7/h5-13,17-18,22H,14-16H2,1-4H3,(H,29,32)(H2,27,28,30,31);(H,6,7)/t22-;/m0./s1. The molecule has 2 aromatic carbocycles. The number of aromatic nitrogens is 2. The fraction of sp³-hybridized carbons (Fsp3) is 0.357. The summed E-state index contributed by atoms with van der Waals surface area (Å²) in [6.45, 7) is 6.77. The van der Waals surface area contributed by atoms with Crippen LogP contribution in [0.5, 0.6) is 5.75 Å². The number of carboxylic acid groups (broad SMARTS) is 1. The van der Waals surface area contributed by atoms with Crippen LogP contribution in [0.2, 0.25) is 0 Å². The Morgan fingerprint density at radius 3 is 2.25 bits per heavy atom. The zero-order valence-electron chi connectivity index (χ0n) is 22.7. The first-order valence-corrected chi connectivity index (χ1v) is 12.5. The van der Waals surface area contributed by atoms with Crippen LogP contribution in [0.3, 0.4) is 0 Å². The number of rotatable bonds is 11. The van der Waals surface area contributed by atoms with Crippen LogP contribution in [0.1, 0.15) is 31.5 Å². The van der Waals surface area contributed by atoms with E-state index in [2.05, 4.69) is 39.8 Å². The molecule has 0 bridgehead atoms. The molecular weight excluding hydrogens is 527 g/mol. The van der Waals surface area contributed by atoms with E-state index in [1.807, 2.05) is 67.6 Å². The van der Waals surface area contributed by atoms with Crippen LogP contribution in [-0.2, 0) is 16.0 Å². The van der Waals surface area contributed by atoms with E-state index < -0.39 is 18.2 Å². The number of nitrogens with one attached hydrogen (secondary N) is 3. The highest BCUT2D eigenvalue weighted by molar-refractivity contribution is 5.96. The number of hydrogen-bond acceptors (Lipinski definition) is 7. The first kappa shape index (κ1) is 31.9. The van der Waals surface area contributed by atoms with Crippen molar-refractivity contribution < 1.29 is 32.6 Å². The third-order valence-electron chi connectivity index (χ3n) is 5.35. The number of aryl methyl sites for hydroxylation is 1. The lowest BCUT2D eigenvalue weighted by Crippen LogP contribution is -2.36. The van der Waals surface area contributed by atoms with Gasteiger partial charge in [0.2, 0.25) is 11.9 Å². The molecule has 1 amide bonds. The summed E-state index contributed by atoms with van der Waals surface area (Å²) in [5.74, 6) is -0.488. The molecular formula is C28H34F3N5O4. The van der Waals surface area contributed by atoms with Crippen molar-refractivity contribution in [1.29, 1.82) is 0 Å². The Kier molecular flexibility index (Phi) is 12.2. The number of halogens is 3. The summed E-state index contributed by atoms with van der Waals surface area (Å²) in [7, 11) is 1.68. The average Bonchev–Trinajstić information content (AvgIpc) is 2.88. The number of methoxy groups -OCH3 is 1. The van der Waals surface area contributed by atoms with Gasteiger partial charge in [0.25, 0.3) is 0 Å². The van der Waals surface area contributed by atoms with Crippen molar-refractivity contribution in [2.45, 2.75) is 45.8 Å². The number of anilines is 3. The van der Waals surface area contributed by atoms with Gasteiger partial charge >= 0.3 is 12.1 Å². The molecule has 4 N–H and O–H groups in total. The maximum absolute atomic E-state index is 13.0. The van der Waals surface area contributed by atoms with Gasteiger partial charge in [-0.3, -0.25) is 4.79 Å². The average molecular weight is 562 g/mol. The molecule has 1 heterocycles. The van der Waals surface area contributed by atoms with Gasteiger partial charge in [0.15, 0.2) is 0 Å². The highest BCUT2D eigenvalue weighted by Gasteiger charge is 2.38. The molecule has 40 heavy (non-hydrogen) atoms. The molecule has 0 saturated carbocycles. The monoisotopic (exact) mass is 561 g/mol. The molecule has 0 spiro atoms. The highest BCUT2D eigenvalue weighted by atomic mass is 19.4. The van der Waals surface area contributed by atoms with Crippen LogP contribution in [0.25, 0.3) is 0 Å². The quantitative estimate of drug-likeness (QED) is 0.240. The van der Waals surface area contributed by atoms with Crippen molar-refractivity contribution in [1.82, 2.24) is 9.97 Å². The van der Waals surface area contributed by atoms with Gasteiger partial charge in [0.1, 0.15) is 17.6 Å². The number of para-hydroxylation sites is 2. The number of alkyl halides is 3. The molecule has 0 aliphatic carbocycles. The Hall–Kier alpha value is -4.35. The Bertz CT molecular complexity index is 1240. The summed E-state index contributed by atoms with van der Waals surface area (Å²) < 4.78 is 37.2. The van der Waals surface area contributed by atoms with Gasteiger partial charge in [0.05, 0.1) is 7.11 Å². The van der Waals surface area contributed by atoms with Gasteiger partial charge in [-0.05, 0) is 49.4 Å². The van der Waals surface area contributed by atoms with Crippen molar-refractivity contribution >= 4 is 29.3 Å². The summed E-state index contributed by atoms with van der Waals surface area (Å²) >= 11 is 0. The van der Waals surface area contributed by atoms with Crippen molar-refractivity contribution in [2.24, 2.45) is 5.92 Å². The number of hydrogen-bond donors (Lipinski definition) is 4. The summed E-state index contributed by atoms with van der Waals surface area (Å²) in [6.07, 6.45) is -3.63. The van der Waals surface area contributed by atoms with Gasteiger partial charge in [-0.15, -0.1) is 0 Å². The molecule has 0 aliphatic heterocycles. The molecule has 9 nitrogen and oxygen atoms in total. The Morgan fingerprint density at radius 2 is 1.65 bits per heavy atom. The molecule has 0 unspecified atom stereocenters. The largest absolute Gasteiger partial charge is 0.496 e. The molecule has 1 aromatic heterocycles. The fourth-order valence-corrected chi connectivity index (χ4v) is 3.57. The summed E-state index contributed by atoms with van der Waals surface area (Å²) in [6, 6.07) is 18.9. The molecule has 0 fully saturated rings. The Labute approximate surface area is 231 Å². The number of carbonyl (C=O) groups is 2. The van der Waals surface area contributed by atoms with Gasteiger partial charge in [-0.1, -0.05) is 50.2 Å². The zero-order chi connectivity index (χ0) is 29.7. The van der Waals surface area contributed by atoms with E-state index in [4.69, 9.17) is 14.6 Å². The van der Waals surface area contributed by atoms with E-state index in [-0.39, 0.29) is 5.91 Å². The number of benzene rings is 2. The summed E-state index contributed by atoms with van der Waals surface area (Å²) in [5.41, 5.74) is 2.71. The van der Waals surface area contributed by atoms with E-state index in [9.17, 15) is 18.0 Å². The first-order valence-electron chi connectivity index (χ1n) is 12.5. The Balaban J connectivity index is 0.000000708. The van der Waals surface area contributed by atoms with Gasteiger partial charge in [0, 0.05) is 24.0 Å². The van der Waals surface area contributed by atoms with Crippen molar-refractivity contribution in [2.75, 3.05) is 29.6 Å². The highest BCUT2D eigenvalue weighted by Crippen LogP contribution is 2.19. The van der Waals surface area contributed by atoms with Crippen molar-refractivity contribution in [3.05, 3.63) is 71.9 Å². The lowest BCUT2D eigenvalue weighted by molar-refractivity contribution is -0.192. The molecule has 216 valence electrons. The second-order valence-electron chi connectivity index (χ2n) is 9.19. The minimum Gasteiger partial charge on any atom is -0.496 e. The van der Waals surface area contributed by atoms with Crippen LogP contribution < -0.4 is 20.7 Å². The van der Waals surface area contributed by atoms with Crippen molar-refractivity contribution in [3.8, 4) is 5.75 Å². The second-order valence-corrected chi connectivity index (χ2v) is 9.19. The van der Waals surface area contributed by atoms with Gasteiger partial charge in [-0.25, -0.2) is 9.78 Å². The zero-order valence-corrected chi connectivity index (χ0v) is 22.7. The number of ether oxygens (including phenoxy) is 1. The molecule has 0 aliphatic rings. The van der Waals surface area contributed by atoms with E-state index in [1.54, 1.807) is 7.11 Å². The number of aliphatic carboxylic acids is 1. The summed E-state index contributed by atoms with van der Waals surface area (Å²) in [5, 5.41) is 16.7. The van der Waals surface area contributed by atoms with Crippen LogP contribution >= 0.6 is 0 Å². The number of amides is 1. The number of nitrogens with zero attached hydrogens (tertiary/aromatic N) is 2. The van der Waals surface area contributed by atoms with E-state index in [0.29, 0.717) is 30.6 Å². The lowest BCUT2D eigenvalue weighted by Gasteiger charge is -2.21. The maximum atomic E-state index is 13.0. The molecule has 12 heteroatoms. The SMILES string of the molecule is COc1ccccc1CCNc1nc(C)cc(N[C@@H](CC(C)C)C(=O)Nc2ccccc2)n1.O=C(O)C(F)(F)F. The number of carboxylic acids is 1. The van der Waals surface area contributed by atoms with E-state index in [1.165, 1.54) is 0 Å². The maximum Gasteiger partial charge on any atom is 0.490 e. The summed E-state index contributed by atoms with van der Waals surface area (Å²) in [4.78, 5) is 31.0. The van der Waals surface area contributed by atoms with Crippen LogP contribution in [-0.4, -0.2) is 52.8 Å². The third kappa shape index (κ3) is 11.2. The lowest BCUT2D eigenvalue weighted by atomic mass is 10.0. The third-order valence-corrected chi connectivity index (χ3v) is 5.35. The predicted octanol–water partition coefficient (Wildman–Crippen LogP) is 5.55. The molecule has 1 atom stereocenters. The van der Waals surface area contributed by atoms with Gasteiger partial charge in [-0.2, -0.15) is 18.2 Å². The molecule has 0 radical (unpaired) electrons. The molecule has 3 aromatic rings. The first-order chi connectivity index (χ1) is 18.9. The Morgan fingerprint density at radius 1 is 1.02 bits per heavy atom. The van der Waals surface area contributed by atoms with E-state index in [0.717, 1.165) is 29.1 Å².